The first-order valence-electron chi connectivity index (χ1n) is 8.21. The summed E-state index contributed by atoms with van der Waals surface area (Å²) in [6, 6.07) is 1.89. The molecule has 0 bridgehead atoms. The number of quaternary nitrogens is 1. The van der Waals surface area contributed by atoms with Crippen LogP contribution in [0, 0.1) is 13.8 Å². The number of ketones is 1. The first-order chi connectivity index (χ1) is 10.9. The fourth-order valence-corrected chi connectivity index (χ4v) is 5.46. The fourth-order valence-electron chi connectivity index (χ4n) is 3.76. The highest BCUT2D eigenvalue weighted by atomic mass is 32.2. The van der Waals surface area contributed by atoms with Crippen molar-refractivity contribution in [2.45, 2.75) is 26.3 Å². The number of carbonyl (C=O) groups excluding carboxylic acids is 1. The summed E-state index contributed by atoms with van der Waals surface area (Å²) < 4.78 is 30.9. The average Bonchev–Trinajstić information content (AvgIpc) is 2.99. The molecule has 128 valence electrons. The minimum Gasteiger partial charge on any atom is -0.370 e. The van der Waals surface area contributed by atoms with Crippen molar-refractivity contribution in [3.63, 3.8) is 0 Å². The number of aromatic nitrogens is 1. The molecule has 23 heavy (non-hydrogen) atoms. The molecule has 0 unspecified atom stereocenters. The lowest BCUT2D eigenvalue weighted by atomic mass is 10.1. The van der Waals surface area contributed by atoms with Gasteiger partial charge in [0, 0.05) is 23.0 Å². The van der Waals surface area contributed by atoms with Gasteiger partial charge in [-0.25, -0.2) is 8.42 Å². The average molecular weight is 341 g/mol. The number of aryl methyl sites for hydroxylation is 1. The summed E-state index contributed by atoms with van der Waals surface area (Å²) in [4.78, 5) is 13.9. The van der Waals surface area contributed by atoms with Gasteiger partial charge in [0.15, 0.2) is 9.84 Å². The number of nitrogens with one attached hydrogen (secondary N) is 1. The molecule has 0 radical (unpaired) electrons. The van der Waals surface area contributed by atoms with Crippen LogP contribution in [0.5, 0.6) is 0 Å². The van der Waals surface area contributed by atoms with E-state index in [0.29, 0.717) is 26.2 Å². The maximum absolute atomic E-state index is 12.6. The number of ether oxygens (including phenoxy) is 1. The molecule has 7 heteroatoms. The van der Waals surface area contributed by atoms with E-state index in [9.17, 15) is 13.2 Å². The molecule has 0 aromatic carbocycles. The highest BCUT2D eigenvalue weighted by Crippen LogP contribution is 2.29. The first-order valence-corrected chi connectivity index (χ1v) is 10.0. The third-order valence-electron chi connectivity index (χ3n) is 4.97. The Morgan fingerprint density at radius 1 is 1.35 bits per heavy atom. The van der Waals surface area contributed by atoms with E-state index in [1.54, 1.807) is 0 Å². The summed E-state index contributed by atoms with van der Waals surface area (Å²) >= 11 is 0. The molecule has 6 nitrogen and oxygen atoms in total. The van der Waals surface area contributed by atoms with Crippen LogP contribution in [0.2, 0.25) is 0 Å². The summed E-state index contributed by atoms with van der Waals surface area (Å²) in [5.41, 5.74) is 2.62. The number of Topliss-reactive ketones (excluding diaryl/α,β-unsaturated/α-hetero) is 1. The second-order valence-electron chi connectivity index (χ2n) is 6.67. The molecule has 3 heterocycles. The van der Waals surface area contributed by atoms with Crippen LogP contribution in [-0.4, -0.2) is 63.1 Å². The summed E-state index contributed by atoms with van der Waals surface area (Å²) in [6.07, 6.45) is 0.640. The van der Waals surface area contributed by atoms with Gasteiger partial charge < -0.3 is 14.2 Å². The van der Waals surface area contributed by atoms with Gasteiger partial charge in [0.05, 0.1) is 24.7 Å². The lowest BCUT2D eigenvalue weighted by molar-refractivity contribution is -0.899. The number of morpholine rings is 1. The molecular weight excluding hydrogens is 316 g/mol. The molecule has 1 atom stereocenters. The third kappa shape index (κ3) is 3.51. The standard InChI is InChI=1S/C16H24N2O4S/c1-12-9-15(16(19)10-17-4-6-22-7-5-17)13(2)18(12)14-3-8-23(20,21)11-14/h9,14H,3-8,10-11H2,1-2H3/p+1/t14-/m1/s1. The molecule has 1 N–H and O–H groups in total. The van der Waals surface area contributed by atoms with Gasteiger partial charge in [-0.05, 0) is 26.3 Å². The molecule has 2 saturated heterocycles. The van der Waals surface area contributed by atoms with E-state index in [-0.39, 0.29) is 23.3 Å². The zero-order valence-corrected chi connectivity index (χ0v) is 14.6. The highest BCUT2D eigenvalue weighted by molar-refractivity contribution is 7.91. The van der Waals surface area contributed by atoms with Gasteiger partial charge in [0.1, 0.15) is 19.6 Å². The zero-order valence-electron chi connectivity index (χ0n) is 13.8. The van der Waals surface area contributed by atoms with Crippen LogP contribution in [0.15, 0.2) is 6.07 Å². The third-order valence-corrected chi connectivity index (χ3v) is 6.72. The topological polar surface area (TPSA) is 69.8 Å². The van der Waals surface area contributed by atoms with Gasteiger partial charge in [-0.1, -0.05) is 0 Å². The summed E-state index contributed by atoms with van der Waals surface area (Å²) in [7, 11) is -2.93. The predicted molar refractivity (Wildman–Crippen MR) is 86.9 cm³/mol. The van der Waals surface area contributed by atoms with E-state index in [4.69, 9.17) is 4.74 Å². The Labute approximate surface area is 137 Å². The Hall–Kier alpha value is -1.18. The summed E-state index contributed by atoms with van der Waals surface area (Å²) in [5.74, 6) is 0.573. The van der Waals surface area contributed by atoms with Crippen molar-refractivity contribution < 1.29 is 22.8 Å². The molecule has 1 aromatic heterocycles. The minimum absolute atomic E-state index is 0.0303. The normalized spacial score (nSPS) is 24.9. The summed E-state index contributed by atoms with van der Waals surface area (Å²) in [6.45, 7) is 7.52. The Morgan fingerprint density at radius 2 is 2.04 bits per heavy atom. The number of hydrogen-bond donors (Lipinski definition) is 1. The monoisotopic (exact) mass is 341 g/mol. The summed E-state index contributed by atoms with van der Waals surface area (Å²) in [5, 5.41) is 0. The predicted octanol–water partition coefficient (Wildman–Crippen LogP) is -0.438. The van der Waals surface area contributed by atoms with Gasteiger partial charge in [-0.2, -0.15) is 0 Å². The first kappa shape index (κ1) is 16.7. The van der Waals surface area contributed by atoms with E-state index in [0.717, 1.165) is 30.0 Å². The van der Waals surface area contributed by atoms with Gasteiger partial charge >= 0.3 is 0 Å². The molecule has 1 aromatic rings. The maximum Gasteiger partial charge on any atom is 0.218 e. The molecule has 0 saturated carbocycles. The van der Waals surface area contributed by atoms with Crippen LogP contribution >= 0.6 is 0 Å². The van der Waals surface area contributed by atoms with E-state index in [1.807, 2.05) is 24.5 Å². The lowest BCUT2D eigenvalue weighted by Gasteiger charge is -2.23. The van der Waals surface area contributed by atoms with Gasteiger partial charge in [-0.15, -0.1) is 0 Å². The van der Waals surface area contributed by atoms with Crippen LogP contribution in [0.3, 0.4) is 0 Å². The Morgan fingerprint density at radius 3 is 2.65 bits per heavy atom. The molecular formula is C16H25N2O4S+. The number of nitrogens with zero attached hydrogens (tertiary/aromatic N) is 1. The number of rotatable bonds is 4. The zero-order chi connectivity index (χ0) is 16.6. The molecule has 2 aliphatic rings. The molecule has 0 aliphatic carbocycles. The largest absolute Gasteiger partial charge is 0.370 e. The second-order valence-corrected chi connectivity index (χ2v) is 8.90. The Bertz CT molecular complexity index is 702. The number of carbonyl (C=O) groups is 1. The molecule has 0 spiro atoms. The van der Waals surface area contributed by atoms with Gasteiger partial charge in [0.2, 0.25) is 5.78 Å². The van der Waals surface area contributed by atoms with Crippen LogP contribution in [0.25, 0.3) is 0 Å². The minimum atomic E-state index is -2.93. The van der Waals surface area contributed by atoms with Crippen LogP contribution in [-0.2, 0) is 14.6 Å². The van der Waals surface area contributed by atoms with Crippen molar-refractivity contribution in [2.24, 2.45) is 0 Å². The van der Waals surface area contributed by atoms with Crippen LogP contribution in [0.1, 0.15) is 34.2 Å². The lowest BCUT2D eigenvalue weighted by Crippen LogP contribution is -3.14. The smallest absolute Gasteiger partial charge is 0.218 e. The van der Waals surface area contributed by atoms with Crippen LogP contribution < -0.4 is 4.90 Å². The van der Waals surface area contributed by atoms with E-state index in [2.05, 4.69) is 0 Å². The molecule has 2 fully saturated rings. The van der Waals surface area contributed by atoms with Crippen molar-refractivity contribution in [3.05, 3.63) is 23.0 Å². The number of hydrogen-bond acceptors (Lipinski definition) is 4. The fraction of sp³-hybridized carbons (Fsp3) is 0.688. The van der Waals surface area contributed by atoms with Gasteiger partial charge in [-0.3, -0.25) is 4.79 Å². The van der Waals surface area contributed by atoms with Crippen molar-refractivity contribution in [1.29, 1.82) is 0 Å². The van der Waals surface area contributed by atoms with Crippen molar-refractivity contribution in [3.8, 4) is 0 Å². The van der Waals surface area contributed by atoms with Crippen molar-refractivity contribution >= 4 is 15.6 Å². The molecule has 2 aliphatic heterocycles. The quantitative estimate of drug-likeness (QED) is 0.754. The van der Waals surface area contributed by atoms with E-state index < -0.39 is 9.84 Å². The second kappa shape index (κ2) is 6.37. The van der Waals surface area contributed by atoms with E-state index in [1.165, 1.54) is 4.90 Å². The Balaban J connectivity index is 1.78. The van der Waals surface area contributed by atoms with E-state index >= 15 is 0 Å². The molecule has 3 rings (SSSR count). The van der Waals surface area contributed by atoms with Crippen LogP contribution in [0.4, 0.5) is 0 Å². The molecule has 0 amide bonds. The van der Waals surface area contributed by atoms with Crippen molar-refractivity contribution in [2.75, 3.05) is 44.4 Å². The number of sulfone groups is 1. The maximum atomic E-state index is 12.6. The highest BCUT2D eigenvalue weighted by Gasteiger charge is 2.32. The SMILES string of the molecule is Cc1cc(C(=O)C[NH+]2CCOCC2)c(C)n1[C@@H]1CCS(=O)(=O)C1. The Kier molecular flexibility index (Phi) is 4.62. The van der Waals surface area contributed by atoms with Gasteiger partial charge in [0.25, 0.3) is 0 Å². The van der Waals surface area contributed by atoms with Crippen molar-refractivity contribution in [1.82, 2.24) is 4.57 Å².